The molecule has 1 amide bonds. The van der Waals surface area contributed by atoms with Crippen molar-refractivity contribution < 1.29 is 4.79 Å². The molecule has 0 radical (unpaired) electrons. The number of amides is 1. The molecule has 4 nitrogen and oxygen atoms in total. The van der Waals surface area contributed by atoms with E-state index in [1.54, 1.807) is 0 Å². The van der Waals surface area contributed by atoms with E-state index < -0.39 is 0 Å². The first-order chi connectivity index (χ1) is 12.9. The van der Waals surface area contributed by atoms with Crippen LogP contribution < -0.4 is 4.90 Å². The third-order valence-corrected chi connectivity index (χ3v) is 5.38. The summed E-state index contributed by atoms with van der Waals surface area (Å²) < 4.78 is 0. The minimum atomic E-state index is -0.0153. The minimum Gasteiger partial charge on any atom is -0.361 e. The summed E-state index contributed by atoms with van der Waals surface area (Å²) in [5.41, 5.74) is 4.82. The summed E-state index contributed by atoms with van der Waals surface area (Å²) in [6, 6.07) is 16.2. The summed E-state index contributed by atoms with van der Waals surface area (Å²) in [5.74, 6) is 0.0533. The lowest BCUT2D eigenvalue weighted by Gasteiger charge is -2.35. The van der Waals surface area contributed by atoms with E-state index in [0.717, 1.165) is 33.3 Å². The molecule has 0 fully saturated rings. The van der Waals surface area contributed by atoms with Gasteiger partial charge in [0.05, 0.1) is 12.4 Å². The smallest absolute Gasteiger partial charge is 0.260 e. The Morgan fingerprint density at radius 2 is 1.78 bits per heavy atom. The largest absolute Gasteiger partial charge is 0.361 e. The summed E-state index contributed by atoms with van der Waals surface area (Å²) in [5, 5.41) is 1.13. The van der Waals surface area contributed by atoms with Crippen LogP contribution in [-0.2, 0) is 4.79 Å². The van der Waals surface area contributed by atoms with Crippen LogP contribution >= 0.6 is 0 Å². The van der Waals surface area contributed by atoms with E-state index >= 15 is 0 Å². The second-order valence-electron chi connectivity index (χ2n) is 8.11. The number of rotatable bonds is 3. The number of aromatic amines is 1. The highest BCUT2D eigenvalue weighted by atomic mass is 16.2. The molecule has 1 aliphatic heterocycles. The van der Waals surface area contributed by atoms with Crippen molar-refractivity contribution in [2.75, 3.05) is 18.6 Å². The van der Waals surface area contributed by atoms with Gasteiger partial charge in [-0.15, -0.1) is 0 Å². The number of H-pyrrole nitrogens is 1. The highest BCUT2D eigenvalue weighted by molar-refractivity contribution is 6.36. The van der Waals surface area contributed by atoms with Gasteiger partial charge < -0.3 is 4.98 Å². The summed E-state index contributed by atoms with van der Waals surface area (Å²) in [4.78, 5) is 20.7. The van der Waals surface area contributed by atoms with Gasteiger partial charge in [-0.2, -0.15) is 0 Å². The van der Waals surface area contributed by atoms with Crippen LogP contribution in [0.25, 0.3) is 22.6 Å². The fraction of sp³-hybridized carbons (Fsp3) is 0.261. The Kier molecular flexibility index (Phi) is 4.16. The summed E-state index contributed by atoms with van der Waals surface area (Å²) >= 11 is 0. The number of carbonyl (C=O) groups is 1. The fourth-order valence-electron chi connectivity index (χ4n) is 3.38. The number of benzene rings is 2. The summed E-state index contributed by atoms with van der Waals surface area (Å²) in [6.45, 7) is 7.02. The number of carbonyl (C=O) groups excluding carboxylic acids is 1. The standard InChI is InChI=1S/C23H25N3O/c1-23(2,3)25(4)15-26-21-12-8-6-10-18(21)19(22(26)27)13-16-14-24-20-11-7-5-9-17(16)20/h5-14,24H,15H2,1-4H3/b19-13-. The van der Waals surface area contributed by atoms with Crippen molar-refractivity contribution in [2.45, 2.75) is 26.3 Å². The molecule has 1 N–H and O–H groups in total. The highest BCUT2D eigenvalue weighted by Crippen LogP contribution is 2.38. The lowest BCUT2D eigenvalue weighted by Crippen LogP contribution is -2.46. The average molecular weight is 359 g/mol. The normalized spacial score (nSPS) is 16.0. The van der Waals surface area contributed by atoms with Crippen molar-refractivity contribution in [2.24, 2.45) is 0 Å². The molecule has 0 unspecified atom stereocenters. The van der Waals surface area contributed by atoms with E-state index in [9.17, 15) is 4.79 Å². The molecule has 0 bridgehead atoms. The number of nitrogens with zero attached hydrogens (tertiary/aromatic N) is 2. The SMILES string of the molecule is CN(CN1C(=O)/C(=C\c2c[nH]c3ccccc23)c2ccccc21)C(C)(C)C. The van der Waals surface area contributed by atoms with Crippen LogP contribution in [0.2, 0.25) is 0 Å². The number of para-hydroxylation sites is 2. The van der Waals surface area contributed by atoms with Crippen LogP contribution in [0.3, 0.4) is 0 Å². The third-order valence-electron chi connectivity index (χ3n) is 5.38. The predicted molar refractivity (Wildman–Crippen MR) is 112 cm³/mol. The minimum absolute atomic E-state index is 0.0153. The van der Waals surface area contributed by atoms with Gasteiger partial charge in [0.25, 0.3) is 5.91 Å². The van der Waals surface area contributed by atoms with Gasteiger partial charge in [0, 0.05) is 39.3 Å². The molecule has 0 spiro atoms. The van der Waals surface area contributed by atoms with Crippen LogP contribution in [-0.4, -0.2) is 35.0 Å². The lowest BCUT2D eigenvalue weighted by molar-refractivity contribution is -0.113. The number of fused-ring (bicyclic) bond motifs is 2. The third kappa shape index (κ3) is 3.06. The van der Waals surface area contributed by atoms with Crippen molar-refractivity contribution in [3.8, 4) is 0 Å². The van der Waals surface area contributed by atoms with E-state index in [2.05, 4.69) is 43.8 Å². The maximum Gasteiger partial charge on any atom is 0.260 e. The van der Waals surface area contributed by atoms with Gasteiger partial charge in [0.2, 0.25) is 0 Å². The molecule has 2 heterocycles. The molecule has 1 aliphatic rings. The van der Waals surface area contributed by atoms with E-state index in [4.69, 9.17) is 0 Å². The zero-order valence-electron chi connectivity index (χ0n) is 16.3. The van der Waals surface area contributed by atoms with Crippen molar-refractivity contribution in [1.29, 1.82) is 0 Å². The molecule has 3 aromatic rings. The van der Waals surface area contributed by atoms with Crippen LogP contribution in [0, 0.1) is 0 Å². The fourth-order valence-corrected chi connectivity index (χ4v) is 3.38. The zero-order chi connectivity index (χ0) is 19.2. The van der Waals surface area contributed by atoms with Crippen LogP contribution in [0.1, 0.15) is 31.9 Å². The van der Waals surface area contributed by atoms with Crippen LogP contribution in [0.15, 0.2) is 54.7 Å². The van der Waals surface area contributed by atoms with Crippen LogP contribution in [0.5, 0.6) is 0 Å². The molecule has 2 aromatic carbocycles. The first kappa shape index (κ1) is 17.6. The average Bonchev–Trinajstić information content (AvgIpc) is 3.16. The van der Waals surface area contributed by atoms with Gasteiger partial charge >= 0.3 is 0 Å². The molecule has 0 saturated heterocycles. The van der Waals surface area contributed by atoms with Crippen molar-refractivity contribution >= 4 is 34.1 Å². The Morgan fingerprint density at radius 3 is 2.56 bits per heavy atom. The topological polar surface area (TPSA) is 39.3 Å². The molecule has 1 aromatic heterocycles. The molecule has 27 heavy (non-hydrogen) atoms. The Morgan fingerprint density at radius 1 is 1.07 bits per heavy atom. The molecule has 0 saturated carbocycles. The number of hydrogen-bond donors (Lipinski definition) is 1. The molecule has 4 rings (SSSR count). The first-order valence-corrected chi connectivity index (χ1v) is 9.26. The van der Waals surface area contributed by atoms with E-state index in [1.165, 1.54) is 0 Å². The van der Waals surface area contributed by atoms with Crippen molar-refractivity contribution in [1.82, 2.24) is 9.88 Å². The second kappa shape index (κ2) is 6.39. The summed E-state index contributed by atoms with van der Waals surface area (Å²) in [7, 11) is 2.05. The molecular formula is C23H25N3O. The van der Waals surface area contributed by atoms with Gasteiger partial charge in [0.1, 0.15) is 0 Å². The number of aromatic nitrogens is 1. The number of anilines is 1. The highest BCUT2D eigenvalue weighted by Gasteiger charge is 2.34. The van der Waals surface area contributed by atoms with Gasteiger partial charge in [-0.05, 0) is 46.0 Å². The quantitative estimate of drug-likeness (QED) is 0.686. The van der Waals surface area contributed by atoms with Crippen molar-refractivity contribution in [3.63, 3.8) is 0 Å². The Balaban J connectivity index is 1.77. The maximum atomic E-state index is 13.3. The molecule has 4 heteroatoms. The molecular weight excluding hydrogens is 334 g/mol. The van der Waals surface area contributed by atoms with Crippen LogP contribution in [0.4, 0.5) is 5.69 Å². The van der Waals surface area contributed by atoms with E-state index in [1.807, 2.05) is 59.6 Å². The van der Waals surface area contributed by atoms with Gasteiger partial charge in [0.15, 0.2) is 0 Å². The van der Waals surface area contributed by atoms with Gasteiger partial charge in [-0.1, -0.05) is 36.4 Å². The first-order valence-electron chi connectivity index (χ1n) is 9.26. The zero-order valence-corrected chi connectivity index (χ0v) is 16.3. The molecule has 138 valence electrons. The Bertz CT molecular complexity index is 1040. The summed E-state index contributed by atoms with van der Waals surface area (Å²) in [6.07, 6.45) is 3.98. The Labute approximate surface area is 160 Å². The van der Waals surface area contributed by atoms with Gasteiger partial charge in [-0.25, -0.2) is 0 Å². The van der Waals surface area contributed by atoms with E-state index in [-0.39, 0.29) is 11.4 Å². The monoisotopic (exact) mass is 359 g/mol. The predicted octanol–water partition coefficient (Wildman–Crippen LogP) is 4.74. The lowest BCUT2D eigenvalue weighted by atomic mass is 10.0. The maximum absolute atomic E-state index is 13.3. The number of nitrogens with one attached hydrogen (secondary N) is 1. The van der Waals surface area contributed by atoms with Gasteiger partial charge in [-0.3, -0.25) is 14.6 Å². The molecule has 0 aliphatic carbocycles. The second-order valence-corrected chi connectivity index (χ2v) is 8.11. The molecule has 0 atom stereocenters. The van der Waals surface area contributed by atoms with E-state index in [0.29, 0.717) is 6.67 Å². The van der Waals surface area contributed by atoms with Crippen molar-refractivity contribution in [3.05, 3.63) is 65.9 Å². The Hall–Kier alpha value is -2.85. The number of hydrogen-bond acceptors (Lipinski definition) is 2.